The zero-order chi connectivity index (χ0) is 17.9. The zero-order valence-corrected chi connectivity index (χ0v) is 14.6. The summed E-state index contributed by atoms with van der Waals surface area (Å²) in [6, 6.07) is 13.5. The number of aromatic nitrogens is 1. The highest BCUT2D eigenvalue weighted by Crippen LogP contribution is 2.34. The Morgan fingerprint density at radius 3 is 2.65 bits per heavy atom. The van der Waals surface area contributed by atoms with E-state index in [0.717, 1.165) is 32.4 Å². The number of pyridine rings is 1. The molecule has 4 heterocycles. The third kappa shape index (κ3) is 3.33. The van der Waals surface area contributed by atoms with E-state index in [1.54, 1.807) is 30.5 Å². The first-order valence-electron chi connectivity index (χ1n) is 9.18. The van der Waals surface area contributed by atoms with Crippen molar-refractivity contribution in [3.8, 4) is 6.07 Å². The van der Waals surface area contributed by atoms with Gasteiger partial charge in [-0.25, -0.2) is 0 Å². The number of nitrogens with zero attached hydrogens (tertiary/aromatic N) is 3. The van der Waals surface area contributed by atoms with Gasteiger partial charge in [-0.05, 0) is 74.2 Å². The molecule has 0 spiro atoms. The summed E-state index contributed by atoms with van der Waals surface area (Å²) < 4.78 is 0. The van der Waals surface area contributed by atoms with E-state index in [9.17, 15) is 4.79 Å². The number of nitriles is 1. The fourth-order valence-electron chi connectivity index (χ4n) is 4.31. The summed E-state index contributed by atoms with van der Waals surface area (Å²) in [5.74, 6) is 0.480. The Hall–Kier alpha value is -2.71. The van der Waals surface area contributed by atoms with Crippen LogP contribution in [-0.4, -0.2) is 41.0 Å². The number of hydrogen-bond donors (Lipinski definition) is 1. The molecule has 132 valence electrons. The van der Waals surface area contributed by atoms with Crippen molar-refractivity contribution in [2.45, 2.75) is 31.3 Å². The van der Waals surface area contributed by atoms with Gasteiger partial charge in [-0.15, -0.1) is 0 Å². The molecule has 1 amide bonds. The Balaban J connectivity index is 1.52. The number of nitrogens with one attached hydrogen (secondary N) is 1. The molecule has 0 aliphatic carbocycles. The van der Waals surface area contributed by atoms with Crippen LogP contribution in [0, 0.1) is 17.2 Å². The van der Waals surface area contributed by atoms with Crippen LogP contribution in [0.4, 0.5) is 0 Å². The zero-order valence-electron chi connectivity index (χ0n) is 14.6. The van der Waals surface area contributed by atoms with Crippen LogP contribution in [0.5, 0.6) is 0 Å². The molecule has 1 N–H and O–H groups in total. The lowest BCUT2D eigenvalue weighted by molar-refractivity contribution is 0.0136. The molecule has 2 atom stereocenters. The second-order valence-corrected chi connectivity index (χ2v) is 7.19. The van der Waals surface area contributed by atoms with E-state index >= 15 is 0 Å². The van der Waals surface area contributed by atoms with Gasteiger partial charge in [0.2, 0.25) is 0 Å². The van der Waals surface area contributed by atoms with Crippen LogP contribution in [0.15, 0.2) is 48.8 Å². The minimum Gasteiger partial charge on any atom is -0.347 e. The van der Waals surface area contributed by atoms with Crippen LogP contribution in [0.2, 0.25) is 0 Å². The lowest BCUT2D eigenvalue weighted by atomic mass is 9.76. The minimum absolute atomic E-state index is 0.0515. The van der Waals surface area contributed by atoms with Crippen molar-refractivity contribution in [2.24, 2.45) is 5.92 Å². The minimum atomic E-state index is -0.0515. The van der Waals surface area contributed by atoms with Crippen LogP contribution in [-0.2, 0) is 6.42 Å². The number of piperidine rings is 3. The molecule has 5 rings (SSSR count). The van der Waals surface area contributed by atoms with Crippen LogP contribution in [0.1, 0.15) is 34.3 Å². The fraction of sp³-hybridized carbons (Fsp3) is 0.381. The lowest BCUT2D eigenvalue weighted by Crippen LogP contribution is -2.64. The second kappa shape index (κ2) is 7.27. The predicted molar refractivity (Wildman–Crippen MR) is 98.4 cm³/mol. The summed E-state index contributed by atoms with van der Waals surface area (Å²) in [5.41, 5.74) is 2.39. The highest BCUT2D eigenvalue weighted by atomic mass is 16.1. The predicted octanol–water partition coefficient (Wildman–Crippen LogP) is 2.39. The molecule has 5 heteroatoms. The summed E-state index contributed by atoms with van der Waals surface area (Å²) in [6.07, 6.45) is 6.90. The molecule has 1 aromatic carbocycles. The molecule has 2 bridgehead atoms. The smallest absolute Gasteiger partial charge is 0.251 e. The first kappa shape index (κ1) is 16.7. The molecule has 2 aromatic rings. The molecule has 3 fully saturated rings. The Morgan fingerprint density at radius 2 is 2.00 bits per heavy atom. The maximum atomic E-state index is 12.8. The van der Waals surface area contributed by atoms with Crippen molar-refractivity contribution >= 4 is 5.91 Å². The average molecular weight is 346 g/mol. The monoisotopic (exact) mass is 346 g/mol. The average Bonchev–Trinajstić information content (AvgIpc) is 2.71. The van der Waals surface area contributed by atoms with Gasteiger partial charge in [-0.1, -0.05) is 6.07 Å². The van der Waals surface area contributed by atoms with Gasteiger partial charge < -0.3 is 5.32 Å². The van der Waals surface area contributed by atoms with E-state index < -0.39 is 0 Å². The van der Waals surface area contributed by atoms with Crippen molar-refractivity contribution in [3.63, 3.8) is 0 Å². The van der Waals surface area contributed by atoms with Gasteiger partial charge in [0.05, 0.1) is 11.6 Å². The van der Waals surface area contributed by atoms with E-state index in [0.29, 0.717) is 23.1 Å². The number of carbonyl (C=O) groups excluding carboxylic acids is 1. The molecular weight excluding hydrogens is 324 g/mol. The van der Waals surface area contributed by atoms with Gasteiger partial charge in [0.15, 0.2) is 0 Å². The summed E-state index contributed by atoms with van der Waals surface area (Å²) in [4.78, 5) is 19.5. The maximum Gasteiger partial charge on any atom is 0.251 e. The number of rotatable bonds is 4. The van der Waals surface area contributed by atoms with E-state index in [2.05, 4.69) is 27.3 Å². The molecule has 26 heavy (non-hydrogen) atoms. The Morgan fingerprint density at radius 1 is 1.23 bits per heavy atom. The largest absolute Gasteiger partial charge is 0.347 e. The lowest BCUT2D eigenvalue weighted by Gasteiger charge is -2.51. The highest BCUT2D eigenvalue weighted by molar-refractivity contribution is 5.94. The van der Waals surface area contributed by atoms with Crippen molar-refractivity contribution in [1.82, 2.24) is 15.2 Å². The van der Waals surface area contributed by atoms with Crippen molar-refractivity contribution in [1.29, 1.82) is 5.26 Å². The van der Waals surface area contributed by atoms with Crippen molar-refractivity contribution < 1.29 is 4.79 Å². The van der Waals surface area contributed by atoms with E-state index in [4.69, 9.17) is 5.26 Å². The highest BCUT2D eigenvalue weighted by Gasteiger charge is 2.42. The first-order valence-corrected chi connectivity index (χ1v) is 9.18. The van der Waals surface area contributed by atoms with Gasteiger partial charge in [-0.3, -0.25) is 14.7 Å². The number of fused-ring (bicyclic) bond motifs is 3. The molecule has 0 saturated carbocycles. The van der Waals surface area contributed by atoms with Crippen molar-refractivity contribution in [3.05, 3.63) is 65.5 Å². The van der Waals surface area contributed by atoms with Crippen molar-refractivity contribution in [2.75, 3.05) is 13.1 Å². The van der Waals surface area contributed by atoms with E-state index in [-0.39, 0.29) is 11.9 Å². The normalized spacial score (nSPS) is 26.9. The molecule has 3 aliphatic rings. The van der Waals surface area contributed by atoms with Crippen LogP contribution >= 0.6 is 0 Å². The summed E-state index contributed by atoms with van der Waals surface area (Å²) >= 11 is 0. The first-order chi connectivity index (χ1) is 12.7. The third-order valence-corrected chi connectivity index (χ3v) is 5.71. The molecular formula is C21H22N4O. The van der Waals surface area contributed by atoms with Gasteiger partial charge in [-0.2, -0.15) is 5.26 Å². The molecule has 0 radical (unpaired) electrons. The van der Waals surface area contributed by atoms with Crippen LogP contribution < -0.4 is 5.32 Å². The van der Waals surface area contributed by atoms with Gasteiger partial charge in [0.1, 0.15) is 0 Å². The standard InChI is InChI=1S/C21H22N4O/c22-13-15-3-5-18(6-4-15)21(26)24-20-17-7-10-25(11-8-17)19(20)12-16-2-1-9-23-14-16/h1-6,9,14,17,19-20H,7-8,10-12H2,(H,24,26). The Kier molecular flexibility index (Phi) is 4.68. The SMILES string of the molecule is N#Cc1ccc(C(=O)NC2C3CCN(CC3)C2Cc2cccnc2)cc1. The van der Waals surface area contributed by atoms with E-state index in [1.165, 1.54) is 5.56 Å². The van der Waals surface area contributed by atoms with Gasteiger partial charge in [0, 0.05) is 30.0 Å². The number of hydrogen-bond acceptors (Lipinski definition) is 4. The number of benzene rings is 1. The molecule has 5 nitrogen and oxygen atoms in total. The topological polar surface area (TPSA) is 69.0 Å². The Labute approximate surface area is 153 Å². The van der Waals surface area contributed by atoms with Crippen LogP contribution in [0.25, 0.3) is 0 Å². The summed E-state index contributed by atoms with van der Waals surface area (Å²) in [5, 5.41) is 12.2. The molecule has 2 unspecified atom stereocenters. The van der Waals surface area contributed by atoms with Gasteiger partial charge in [0.25, 0.3) is 5.91 Å². The fourth-order valence-corrected chi connectivity index (χ4v) is 4.31. The number of amides is 1. The second-order valence-electron chi connectivity index (χ2n) is 7.19. The van der Waals surface area contributed by atoms with Crippen LogP contribution in [0.3, 0.4) is 0 Å². The third-order valence-electron chi connectivity index (χ3n) is 5.71. The number of carbonyl (C=O) groups is 1. The van der Waals surface area contributed by atoms with E-state index in [1.807, 2.05) is 12.3 Å². The summed E-state index contributed by atoms with van der Waals surface area (Å²) in [6.45, 7) is 2.22. The quantitative estimate of drug-likeness (QED) is 0.923. The summed E-state index contributed by atoms with van der Waals surface area (Å²) in [7, 11) is 0. The molecule has 3 aliphatic heterocycles. The van der Waals surface area contributed by atoms with Gasteiger partial charge >= 0.3 is 0 Å². The maximum absolute atomic E-state index is 12.8. The molecule has 3 saturated heterocycles. The Bertz CT molecular complexity index is 804. The molecule has 1 aromatic heterocycles.